The van der Waals surface area contributed by atoms with Gasteiger partial charge in [0, 0.05) is 11.3 Å². The maximum Gasteiger partial charge on any atom is 0.229 e. The van der Waals surface area contributed by atoms with Crippen molar-refractivity contribution in [1.29, 1.82) is 0 Å². The highest BCUT2D eigenvalue weighted by Crippen LogP contribution is 2.20. The van der Waals surface area contributed by atoms with Gasteiger partial charge in [-0.05, 0) is 25.5 Å². The molecular weight excluding hydrogens is 264 g/mol. The van der Waals surface area contributed by atoms with Crippen LogP contribution in [0.2, 0.25) is 0 Å². The molecule has 0 saturated heterocycles. The lowest BCUT2D eigenvalue weighted by atomic mass is 10.1. The second-order valence-corrected chi connectivity index (χ2v) is 4.55. The van der Waals surface area contributed by atoms with E-state index in [0.717, 1.165) is 17.7 Å². The Hall–Kier alpha value is -2.69. The summed E-state index contributed by atoms with van der Waals surface area (Å²) in [5, 5.41) is 4.02. The Balaban J connectivity index is 2.46. The summed E-state index contributed by atoms with van der Waals surface area (Å²) in [6, 6.07) is 9.55. The lowest BCUT2D eigenvalue weighted by Gasteiger charge is -2.29. The number of aldehydes is 1. The highest BCUT2D eigenvalue weighted by molar-refractivity contribution is 5.96. The number of para-hydroxylation sites is 1. The predicted molar refractivity (Wildman–Crippen MR) is 85.2 cm³/mol. The number of benzene rings is 1. The van der Waals surface area contributed by atoms with Crippen molar-refractivity contribution in [2.75, 3.05) is 0 Å². The normalized spacial score (nSPS) is 17.5. The Morgan fingerprint density at radius 1 is 1.43 bits per heavy atom. The van der Waals surface area contributed by atoms with Crippen molar-refractivity contribution in [2.24, 2.45) is 10.1 Å². The summed E-state index contributed by atoms with van der Waals surface area (Å²) in [7, 11) is 0. The van der Waals surface area contributed by atoms with E-state index in [4.69, 9.17) is 0 Å². The van der Waals surface area contributed by atoms with Gasteiger partial charge in [0.15, 0.2) is 0 Å². The van der Waals surface area contributed by atoms with Gasteiger partial charge in [-0.25, -0.2) is 10.4 Å². The first-order chi connectivity index (χ1) is 10.2. The summed E-state index contributed by atoms with van der Waals surface area (Å²) >= 11 is 0. The predicted octanol–water partition coefficient (Wildman–Crippen LogP) is 2.96. The highest BCUT2D eigenvalue weighted by atomic mass is 16.1. The monoisotopic (exact) mass is 282 g/mol. The van der Waals surface area contributed by atoms with Crippen LogP contribution in [0, 0.1) is 0 Å². The number of nitrogens with one attached hydrogen (secondary N) is 1. The summed E-state index contributed by atoms with van der Waals surface area (Å²) in [6.45, 7) is 7.78. The molecule has 0 fully saturated rings. The van der Waals surface area contributed by atoms with Gasteiger partial charge in [-0.15, -0.1) is 0 Å². The zero-order valence-corrected chi connectivity index (χ0v) is 12.2. The van der Waals surface area contributed by atoms with E-state index in [1.54, 1.807) is 11.1 Å². The quantitative estimate of drug-likeness (QED) is 0.682. The molecule has 0 bridgehead atoms. The van der Waals surface area contributed by atoms with Crippen LogP contribution in [0.25, 0.3) is 0 Å². The average molecular weight is 282 g/mol. The SMILES string of the molecule is C=C1C=NNC(=Nc2ccccc2)N1/C(C)=C(/C=O)CC. The van der Waals surface area contributed by atoms with Crippen LogP contribution in [0.4, 0.5) is 5.69 Å². The largest absolute Gasteiger partial charge is 0.298 e. The standard InChI is InChI=1S/C16H18N4O/c1-4-14(11-21)13(3)20-12(2)10-17-19-16(20)18-15-8-6-5-7-9-15/h5-11H,2,4H2,1,3H3,(H,18,19)/b14-13+. The van der Waals surface area contributed by atoms with Gasteiger partial charge in [0.05, 0.1) is 17.6 Å². The Morgan fingerprint density at radius 3 is 2.76 bits per heavy atom. The molecule has 0 aliphatic carbocycles. The van der Waals surface area contributed by atoms with Crippen LogP contribution in [0.1, 0.15) is 20.3 Å². The molecule has 108 valence electrons. The molecule has 0 atom stereocenters. The fourth-order valence-electron chi connectivity index (χ4n) is 2.05. The third-order valence-corrected chi connectivity index (χ3v) is 3.19. The molecule has 0 saturated carbocycles. The van der Waals surface area contributed by atoms with Crippen LogP contribution in [0.5, 0.6) is 0 Å². The van der Waals surface area contributed by atoms with Gasteiger partial charge < -0.3 is 0 Å². The molecule has 1 aliphatic rings. The first-order valence-electron chi connectivity index (χ1n) is 6.74. The number of rotatable bonds is 4. The zero-order valence-electron chi connectivity index (χ0n) is 12.2. The number of hydrogen-bond acceptors (Lipinski definition) is 3. The van der Waals surface area contributed by atoms with Gasteiger partial charge >= 0.3 is 0 Å². The van der Waals surface area contributed by atoms with Crippen LogP contribution in [0.3, 0.4) is 0 Å². The lowest BCUT2D eigenvalue weighted by Crippen LogP contribution is -2.41. The zero-order chi connectivity index (χ0) is 15.2. The van der Waals surface area contributed by atoms with E-state index in [-0.39, 0.29) is 0 Å². The second kappa shape index (κ2) is 6.65. The van der Waals surface area contributed by atoms with Crippen molar-refractivity contribution in [3.05, 3.63) is 53.9 Å². The van der Waals surface area contributed by atoms with Crippen molar-refractivity contribution in [3.8, 4) is 0 Å². The van der Waals surface area contributed by atoms with Crippen molar-refractivity contribution in [1.82, 2.24) is 10.3 Å². The van der Waals surface area contributed by atoms with Crippen molar-refractivity contribution in [3.63, 3.8) is 0 Å². The van der Waals surface area contributed by atoms with Gasteiger partial charge in [-0.3, -0.25) is 9.69 Å². The third-order valence-electron chi connectivity index (χ3n) is 3.19. The number of hydrogen-bond donors (Lipinski definition) is 1. The Bertz CT molecular complexity index is 629. The maximum absolute atomic E-state index is 11.2. The molecule has 0 radical (unpaired) electrons. The molecule has 1 heterocycles. The second-order valence-electron chi connectivity index (χ2n) is 4.55. The van der Waals surface area contributed by atoms with Crippen LogP contribution >= 0.6 is 0 Å². The summed E-state index contributed by atoms with van der Waals surface area (Å²) in [5.41, 5.74) is 5.83. The summed E-state index contributed by atoms with van der Waals surface area (Å²) in [4.78, 5) is 17.5. The number of nitrogens with zero attached hydrogens (tertiary/aromatic N) is 3. The van der Waals surface area contributed by atoms with Gasteiger partial charge in [-0.1, -0.05) is 31.7 Å². The highest BCUT2D eigenvalue weighted by Gasteiger charge is 2.21. The molecule has 0 amide bonds. The average Bonchev–Trinajstić information content (AvgIpc) is 2.49. The minimum Gasteiger partial charge on any atom is -0.298 e. The van der Waals surface area contributed by atoms with Crippen molar-refractivity contribution < 1.29 is 4.79 Å². The molecule has 1 aliphatic heterocycles. The molecular formula is C16H18N4O. The fourth-order valence-corrected chi connectivity index (χ4v) is 2.05. The number of hydrazone groups is 1. The molecule has 21 heavy (non-hydrogen) atoms. The van der Waals surface area contributed by atoms with Crippen LogP contribution < -0.4 is 5.43 Å². The lowest BCUT2D eigenvalue weighted by molar-refractivity contribution is -0.105. The van der Waals surface area contributed by atoms with E-state index in [9.17, 15) is 4.79 Å². The summed E-state index contributed by atoms with van der Waals surface area (Å²) in [6.07, 6.45) is 3.12. The molecule has 1 aromatic rings. The molecule has 5 heteroatoms. The Morgan fingerprint density at radius 2 is 2.14 bits per heavy atom. The molecule has 1 aromatic carbocycles. The van der Waals surface area contributed by atoms with Gasteiger partial charge in [0.2, 0.25) is 5.96 Å². The number of allylic oxidation sites excluding steroid dienone is 3. The molecule has 0 spiro atoms. The first kappa shape index (κ1) is 14.7. The van der Waals surface area contributed by atoms with Crippen molar-refractivity contribution in [2.45, 2.75) is 20.3 Å². The topological polar surface area (TPSA) is 57.1 Å². The molecule has 0 aromatic heterocycles. The van der Waals surface area contributed by atoms with Crippen molar-refractivity contribution >= 4 is 24.1 Å². The Kier molecular flexibility index (Phi) is 4.66. The smallest absolute Gasteiger partial charge is 0.229 e. The first-order valence-corrected chi connectivity index (χ1v) is 6.74. The molecule has 0 unspecified atom stereocenters. The summed E-state index contributed by atoms with van der Waals surface area (Å²) in [5.74, 6) is 0.527. The fraction of sp³-hybridized carbons (Fsp3) is 0.188. The van der Waals surface area contributed by atoms with Crippen LogP contribution in [-0.2, 0) is 4.79 Å². The van der Waals surface area contributed by atoms with E-state index in [0.29, 0.717) is 23.7 Å². The van der Waals surface area contributed by atoms with Crippen LogP contribution in [-0.4, -0.2) is 23.4 Å². The minimum atomic E-state index is 0.527. The third kappa shape index (κ3) is 3.25. The molecule has 2 rings (SSSR count). The number of aliphatic imine (C=N–C) groups is 1. The number of carbonyl (C=O) groups is 1. The number of guanidine groups is 1. The van der Waals surface area contributed by atoms with E-state index < -0.39 is 0 Å². The molecule has 5 nitrogen and oxygen atoms in total. The van der Waals surface area contributed by atoms with E-state index >= 15 is 0 Å². The van der Waals surface area contributed by atoms with Crippen LogP contribution in [0.15, 0.2) is 64.0 Å². The molecule has 1 N–H and O–H groups in total. The van der Waals surface area contributed by atoms with Gasteiger partial charge in [0.1, 0.15) is 6.29 Å². The minimum absolute atomic E-state index is 0.527. The number of carbonyl (C=O) groups excluding carboxylic acids is 1. The van der Waals surface area contributed by atoms with E-state index in [1.165, 1.54) is 0 Å². The van der Waals surface area contributed by atoms with Gasteiger partial charge in [0.25, 0.3) is 0 Å². The van der Waals surface area contributed by atoms with Gasteiger partial charge in [-0.2, -0.15) is 5.10 Å². The maximum atomic E-state index is 11.2. The van der Waals surface area contributed by atoms with E-state index in [1.807, 2.05) is 44.2 Å². The summed E-state index contributed by atoms with van der Waals surface area (Å²) < 4.78 is 0. The Labute approximate surface area is 124 Å². The van der Waals surface area contributed by atoms with E-state index in [2.05, 4.69) is 22.1 Å².